The van der Waals surface area contributed by atoms with Crippen LogP contribution in [0.25, 0.3) is 16.7 Å². The van der Waals surface area contributed by atoms with E-state index in [9.17, 15) is 9.59 Å². The second kappa shape index (κ2) is 9.76. The smallest absolute Gasteiger partial charge is 0.262 e. The molecule has 5 rings (SSSR count). The van der Waals surface area contributed by atoms with Crippen LogP contribution in [0.4, 0.5) is 5.69 Å². The predicted molar refractivity (Wildman–Crippen MR) is 131 cm³/mol. The summed E-state index contributed by atoms with van der Waals surface area (Å²) < 4.78 is 14.9. The number of benzene rings is 2. The summed E-state index contributed by atoms with van der Waals surface area (Å²) in [6.07, 6.45) is 2.64. The molecule has 10 heteroatoms. The third-order valence-electron chi connectivity index (χ3n) is 5.58. The van der Waals surface area contributed by atoms with Gasteiger partial charge in [0.1, 0.15) is 0 Å². The van der Waals surface area contributed by atoms with Crippen molar-refractivity contribution in [3.63, 3.8) is 0 Å². The highest BCUT2D eigenvalue weighted by atomic mass is 32.2. The molecule has 4 aromatic rings. The van der Waals surface area contributed by atoms with Crippen molar-refractivity contribution in [3.8, 4) is 11.5 Å². The first-order chi connectivity index (χ1) is 16.7. The molecule has 1 N–H and O–H groups in total. The highest BCUT2D eigenvalue weighted by Crippen LogP contribution is 2.32. The Morgan fingerprint density at radius 1 is 1.12 bits per heavy atom. The van der Waals surface area contributed by atoms with Gasteiger partial charge in [-0.3, -0.25) is 18.6 Å². The van der Waals surface area contributed by atoms with Gasteiger partial charge < -0.3 is 14.8 Å². The molecule has 0 aliphatic carbocycles. The van der Waals surface area contributed by atoms with E-state index >= 15 is 0 Å². The van der Waals surface area contributed by atoms with E-state index in [0.29, 0.717) is 53.3 Å². The van der Waals surface area contributed by atoms with Gasteiger partial charge in [-0.15, -0.1) is 10.2 Å². The topological polar surface area (TPSA) is 99.8 Å². The van der Waals surface area contributed by atoms with Crippen molar-refractivity contribution in [1.29, 1.82) is 0 Å². The van der Waals surface area contributed by atoms with Crippen LogP contribution in [0.1, 0.15) is 26.2 Å². The first-order valence-corrected chi connectivity index (χ1v) is 12.3. The molecule has 1 aliphatic heterocycles. The average molecular weight is 480 g/mol. The molecule has 0 radical (unpaired) electrons. The number of hydrogen-bond acceptors (Lipinski definition) is 7. The van der Waals surface area contributed by atoms with E-state index in [2.05, 4.69) is 22.4 Å². The highest BCUT2D eigenvalue weighted by molar-refractivity contribution is 7.99. The van der Waals surface area contributed by atoms with Crippen molar-refractivity contribution in [2.75, 3.05) is 24.3 Å². The summed E-state index contributed by atoms with van der Waals surface area (Å²) in [5, 5.41) is 12.7. The van der Waals surface area contributed by atoms with E-state index in [-0.39, 0.29) is 17.2 Å². The number of anilines is 1. The van der Waals surface area contributed by atoms with Crippen molar-refractivity contribution < 1.29 is 14.3 Å². The van der Waals surface area contributed by atoms with Crippen molar-refractivity contribution in [3.05, 3.63) is 52.8 Å². The van der Waals surface area contributed by atoms with Crippen LogP contribution >= 0.6 is 11.8 Å². The quantitative estimate of drug-likeness (QED) is 0.403. The Morgan fingerprint density at radius 3 is 2.79 bits per heavy atom. The number of unbranched alkanes of at least 4 members (excludes halogenated alkanes) is 1. The van der Waals surface area contributed by atoms with Crippen LogP contribution < -0.4 is 20.3 Å². The lowest BCUT2D eigenvalue weighted by atomic mass is 10.2. The minimum Gasteiger partial charge on any atom is -0.490 e. The number of nitrogens with one attached hydrogen (secondary N) is 1. The Hall–Kier alpha value is -3.53. The standard InChI is InChI=1S/C24H25N5O4S/c1-2-3-11-28-22(31)17-7-4-5-8-18(17)29-23(28)26-27-24(29)34-15-21(30)25-16-9-10-19-20(14-16)33-13-6-12-32-19/h4-5,7-10,14H,2-3,6,11-13,15H2,1H3,(H,25,30). The maximum absolute atomic E-state index is 13.0. The lowest BCUT2D eigenvalue weighted by Crippen LogP contribution is -2.23. The zero-order valence-electron chi connectivity index (χ0n) is 18.8. The number of ether oxygens (including phenoxy) is 2. The van der Waals surface area contributed by atoms with Crippen LogP contribution in [0.15, 0.2) is 52.4 Å². The Balaban J connectivity index is 1.38. The fourth-order valence-corrected chi connectivity index (χ4v) is 4.65. The van der Waals surface area contributed by atoms with Crippen LogP contribution in [-0.2, 0) is 11.3 Å². The lowest BCUT2D eigenvalue weighted by molar-refractivity contribution is -0.113. The van der Waals surface area contributed by atoms with E-state index < -0.39 is 0 Å². The molecule has 0 bridgehead atoms. The fourth-order valence-electron chi connectivity index (χ4n) is 3.91. The second-order valence-corrected chi connectivity index (χ2v) is 8.94. The van der Waals surface area contributed by atoms with Crippen LogP contribution in [0.2, 0.25) is 0 Å². The molecule has 2 aromatic carbocycles. The molecule has 3 heterocycles. The number of carbonyl (C=O) groups is 1. The number of thioether (sulfide) groups is 1. The van der Waals surface area contributed by atoms with Gasteiger partial charge in [0.2, 0.25) is 11.7 Å². The number of aryl methyl sites for hydroxylation is 1. The van der Waals surface area contributed by atoms with Crippen LogP contribution in [0.5, 0.6) is 11.5 Å². The third kappa shape index (κ3) is 4.33. The molecule has 34 heavy (non-hydrogen) atoms. The molecule has 0 atom stereocenters. The molecule has 9 nitrogen and oxygen atoms in total. The maximum atomic E-state index is 13.0. The van der Waals surface area contributed by atoms with E-state index in [4.69, 9.17) is 9.47 Å². The average Bonchev–Trinajstić information content (AvgIpc) is 3.13. The van der Waals surface area contributed by atoms with Gasteiger partial charge in [-0.05, 0) is 30.7 Å². The molecule has 0 fully saturated rings. The number of carbonyl (C=O) groups excluding carboxylic acids is 1. The molecular formula is C24H25N5O4S. The summed E-state index contributed by atoms with van der Waals surface area (Å²) in [6.45, 7) is 3.84. The molecule has 0 unspecified atom stereocenters. The fraction of sp³-hybridized carbons (Fsp3) is 0.333. The summed E-state index contributed by atoms with van der Waals surface area (Å²) >= 11 is 1.28. The molecule has 1 aliphatic rings. The Bertz CT molecular complexity index is 1410. The minimum absolute atomic E-state index is 0.0762. The summed E-state index contributed by atoms with van der Waals surface area (Å²) in [5.74, 6) is 1.75. The number of rotatable bonds is 7. The van der Waals surface area contributed by atoms with E-state index in [0.717, 1.165) is 24.8 Å². The SMILES string of the molecule is CCCCn1c(=O)c2ccccc2n2c(SCC(=O)Nc3ccc4c(c3)OCCCO4)nnc12. The van der Waals surface area contributed by atoms with Gasteiger partial charge in [-0.25, -0.2) is 0 Å². The van der Waals surface area contributed by atoms with Crippen molar-refractivity contribution in [1.82, 2.24) is 19.2 Å². The van der Waals surface area contributed by atoms with Gasteiger partial charge in [0.15, 0.2) is 16.7 Å². The maximum Gasteiger partial charge on any atom is 0.262 e. The zero-order chi connectivity index (χ0) is 23.5. The van der Waals surface area contributed by atoms with Gasteiger partial charge >= 0.3 is 0 Å². The van der Waals surface area contributed by atoms with E-state index in [1.165, 1.54) is 11.8 Å². The molecule has 0 saturated carbocycles. The Kier molecular flexibility index (Phi) is 6.39. The number of fused-ring (bicyclic) bond motifs is 4. The molecule has 0 saturated heterocycles. The first-order valence-electron chi connectivity index (χ1n) is 11.3. The van der Waals surface area contributed by atoms with E-state index in [1.54, 1.807) is 22.8 Å². The number of para-hydroxylation sites is 1. The zero-order valence-corrected chi connectivity index (χ0v) is 19.6. The third-order valence-corrected chi connectivity index (χ3v) is 6.51. The number of nitrogens with zero attached hydrogens (tertiary/aromatic N) is 4. The summed E-state index contributed by atoms with van der Waals surface area (Å²) in [7, 11) is 0. The number of amides is 1. The predicted octanol–water partition coefficient (Wildman–Crippen LogP) is 3.74. The molecule has 176 valence electrons. The lowest BCUT2D eigenvalue weighted by Gasteiger charge is -2.11. The molecule has 1 amide bonds. The largest absolute Gasteiger partial charge is 0.490 e. The summed E-state index contributed by atoms with van der Waals surface area (Å²) in [6, 6.07) is 12.8. The normalized spacial score (nSPS) is 13.2. The van der Waals surface area contributed by atoms with Gasteiger partial charge in [-0.2, -0.15) is 0 Å². The highest BCUT2D eigenvalue weighted by Gasteiger charge is 2.18. The molecule has 0 spiro atoms. The molecular weight excluding hydrogens is 454 g/mol. The van der Waals surface area contributed by atoms with Gasteiger partial charge in [0.05, 0.1) is 29.9 Å². The second-order valence-electron chi connectivity index (χ2n) is 7.99. The first kappa shape index (κ1) is 22.3. The van der Waals surface area contributed by atoms with Crippen molar-refractivity contribution in [2.45, 2.75) is 37.9 Å². The number of aromatic nitrogens is 4. The van der Waals surface area contributed by atoms with Crippen LogP contribution in [0, 0.1) is 0 Å². The monoisotopic (exact) mass is 479 g/mol. The van der Waals surface area contributed by atoms with Crippen LogP contribution in [0.3, 0.4) is 0 Å². The Labute approximate surface area is 200 Å². The van der Waals surface area contributed by atoms with Gasteiger partial charge in [0.25, 0.3) is 5.56 Å². The van der Waals surface area contributed by atoms with Crippen molar-refractivity contribution >= 4 is 40.0 Å². The summed E-state index contributed by atoms with van der Waals surface area (Å²) in [5.41, 5.74) is 1.29. The van der Waals surface area contributed by atoms with Gasteiger partial charge in [0, 0.05) is 24.7 Å². The van der Waals surface area contributed by atoms with Crippen LogP contribution in [-0.4, -0.2) is 44.0 Å². The minimum atomic E-state index is -0.181. The Morgan fingerprint density at radius 2 is 1.94 bits per heavy atom. The summed E-state index contributed by atoms with van der Waals surface area (Å²) in [4.78, 5) is 25.7. The van der Waals surface area contributed by atoms with E-state index in [1.807, 2.05) is 28.7 Å². The number of hydrogen-bond donors (Lipinski definition) is 1. The molecule has 2 aromatic heterocycles. The van der Waals surface area contributed by atoms with Crippen molar-refractivity contribution in [2.24, 2.45) is 0 Å². The van der Waals surface area contributed by atoms with Gasteiger partial charge in [-0.1, -0.05) is 37.2 Å².